The van der Waals surface area contributed by atoms with E-state index >= 15 is 0 Å². The van der Waals surface area contributed by atoms with Crippen LogP contribution in [0.4, 0.5) is 5.69 Å². The van der Waals surface area contributed by atoms with Crippen LogP contribution in [0.1, 0.15) is 10.4 Å². The molecule has 0 bridgehead atoms. The summed E-state index contributed by atoms with van der Waals surface area (Å²) in [5.41, 5.74) is 12.1. The Balaban J connectivity index is 1.94. The van der Waals surface area contributed by atoms with Gasteiger partial charge in [-0.25, -0.2) is 4.98 Å². The second-order valence-electron chi connectivity index (χ2n) is 4.44. The van der Waals surface area contributed by atoms with E-state index in [9.17, 15) is 4.79 Å². The first-order valence-electron chi connectivity index (χ1n) is 6.21. The molecule has 1 aromatic carbocycles. The molecule has 104 valence electrons. The van der Waals surface area contributed by atoms with Crippen molar-refractivity contribution in [1.82, 2.24) is 9.97 Å². The average Bonchev–Trinajstić information content (AvgIpc) is 2.49. The minimum atomic E-state index is -0.628. The van der Waals surface area contributed by atoms with Crippen LogP contribution in [0.15, 0.2) is 48.8 Å². The molecule has 6 nitrogen and oxygen atoms in total. The van der Waals surface area contributed by atoms with Gasteiger partial charge in [-0.1, -0.05) is 18.2 Å². The van der Waals surface area contributed by atoms with Crippen molar-refractivity contribution < 1.29 is 9.53 Å². The number of primary amides is 1. The van der Waals surface area contributed by atoms with E-state index in [4.69, 9.17) is 16.2 Å². The lowest BCUT2D eigenvalue weighted by Gasteiger charge is -2.07. The normalized spacial score (nSPS) is 10.5. The summed E-state index contributed by atoms with van der Waals surface area (Å²) < 4.78 is 5.60. The Labute approximate surface area is 120 Å². The fourth-order valence-corrected chi connectivity index (χ4v) is 1.94. The summed E-state index contributed by atoms with van der Waals surface area (Å²) in [6.45, 7) is 0. The van der Waals surface area contributed by atoms with Gasteiger partial charge in [0.05, 0.1) is 29.2 Å². The summed E-state index contributed by atoms with van der Waals surface area (Å²) in [5, 5.41) is 0.945. The lowest BCUT2D eigenvalue weighted by Crippen LogP contribution is -2.13. The predicted molar refractivity (Wildman–Crippen MR) is 79.0 cm³/mol. The maximum atomic E-state index is 11.2. The van der Waals surface area contributed by atoms with E-state index in [1.807, 2.05) is 30.3 Å². The molecule has 1 amide bonds. The number of para-hydroxylation sites is 1. The Kier molecular flexibility index (Phi) is 3.12. The predicted octanol–water partition coefficient (Wildman–Crippen LogP) is 2.10. The number of carbonyl (C=O) groups excluding carboxylic acids is 1. The van der Waals surface area contributed by atoms with Crippen molar-refractivity contribution in [2.75, 3.05) is 5.73 Å². The van der Waals surface area contributed by atoms with Gasteiger partial charge in [0.25, 0.3) is 5.91 Å². The fourth-order valence-electron chi connectivity index (χ4n) is 1.94. The fraction of sp³-hybridized carbons (Fsp3) is 0. The van der Waals surface area contributed by atoms with Crippen molar-refractivity contribution in [3.05, 3.63) is 54.4 Å². The van der Waals surface area contributed by atoms with Crippen LogP contribution in [-0.2, 0) is 0 Å². The van der Waals surface area contributed by atoms with Gasteiger partial charge in [0.15, 0.2) is 0 Å². The monoisotopic (exact) mass is 280 g/mol. The van der Waals surface area contributed by atoms with Crippen LogP contribution in [0.5, 0.6) is 11.6 Å². The molecule has 0 radical (unpaired) electrons. The molecule has 0 aliphatic heterocycles. The number of hydrogen-bond acceptors (Lipinski definition) is 5. The highest BCUT2D eigenvalue weighted by molar-refractivity contribution is 5.98. The molecule has 6 heteroatoms. The summed E-state index contributed by atoms with van der Waals surface area (Å²) >= 11 is 0. The number of amides is 1. The number of rotatable bonds is 3. The first-order chi connectivity index (χ1) is 10.1. The van der Waals surface area contributed by atoms with Crippen LogP contribution in [0.25, 0.3) is 10.9 Å². The van der Waals surface area contributed by atoms with Crippen molar-refractivity contribution in [3.63, 3.8) is 0 Å². The Bertz CT molecular complexity index is 833. The molecule has 0 aliphatic rings. The van der Waals surface area contributed by atoms with Gasteiger partial charge in [-0.2, -0.15) is 0 Å². The molecule has 0 spiro atoms. The number of nitrogens with zero attached hydrogens (tertiary/aromatic N) is 2. The van der Waals surface area contributed by atoms with Crippen LogP contribution >= 0.6 is 0 Å². The van der Waals surface area contributed by atoms with Crippen LogP contribution in [0.3, 0.4) is 0 Å². The smallest absolute Gasteiger partial charge is 0.251 e. The molecular formula is C15H12N4O2. The zero-order valence-electron chi connectivity index (χ0n) is 11.0. The SMILES string of the molecule is NC(=O)c1cc(Oc2cnc3ccccc3c2)ncc1N. The average molecular weight is 280 g/mol. The third-order valence-corrected chi connectivity index (χ3v) is 2.96. The van der Waals surface area contributed by atoms with Gasteiger partial charge in [-0.05, 0) is 12.1 Å². The Morgan fingerprint density at radius 2 is 1.90 bits per heavy atom. The van der Waals surface area contributed by atoms with Crippen molar-refractivity contribution in [3.8, 4) is 11.6 Å². The number of nitrogens with two attached hydrogens (primary N) is 2. The maximum Gasteiger partial charge on any atom is 0.251 e. The molecule has 2 aromatic heterocycles. The molecule has 0 saturated carbocycles. The van der Waals surface area contributed by atoms with E-state index in [1.54, 1.807) is 6.20 Å². The van der Waals surface area contributed by atoms with E-state index < -0.39 is 5.91 Å². The molecule has 0 fully saturated rings. The Morgan fingerprint density at radius 1 is 1.10 bits per heavy atom. The van der Waals surface area contributed by atoms with Crippen molar-refractivity contribution in [2.24, 2.45) is 5.73 Å². The van der Waals surface area contributed by atoms with Crippen molar-refractivity contribution >= 4 is 22.5 Å². The lowest BCUT2D eigenvalue weighted by atomic mass is 10.2. The molecule has 4 N–H and O–H groups in total. The molecular weight excluding hydrogens is 268 g/mol. The van der Waals surface area contributed by atoms with Gasteiger partial charge in [-0.3, -0.25) is 9.78 Å². The Morgan fingerprint density at radius 3 is 2.71 bits per heavy atom. The summed E-state index contributed by atoms with van der Waals surface area (Å²) in [5.74, 6) is 0.118. The first-order valence-corrected chi connectivity index (χ1v) is 6.21. The van der Waals surface area contributed by atoms with Crippen LogP contribution in [0, 0.1) is 0 Å². The zero-order valence-corrected chi connectivity index (χ0v) is 11.0. The quantitative estimate of drug-likeness (QED) is 0.764. The summed E-state index contributed by atoms with van der Waals surface area (Å²) in [4.78, 5) is 19.5. The van der Waals surface area contributed by atoms with E-state index in [1.165, 1.54) is 12.3 Å². The minimum Gasteiger partial charge on any atom is -0.437 e. The van der Waals surface area contributed by atoms with Gasteiger partial charge in [0.1, 0.15) is 5.75 Å². The highest BCUT2D eigenvalue weighted by Crippen LogP contribution is 2.24. The number of benzene rings is 1. The van der Waals surface area contributed by atoms with Gasteiger partial charge >= 0.3 is 0 Å². The topological polar surface area (TPSA) is 104 Å². The van der Waals surface area contributed by atoms with E-state index in [2.05, 4.69) is 9.97 Å². The van der Waals surface area contributed by atoms with Crippen LogP contribution in [0.2, 0.25) is 0 Å². The van der Waals surface area contributed by atoms with Gasteiger partial charge in [-0.15, -0.1) is 0 Å². The third kappa shape index (κ3) is 2.59. The summed E-state index contributed by atoms with van der Waals surface area (Å²) in [7, 11) is 0. The van der Waals surface area contributed by atoms with E-state index in [-0.39, 0.29) is 17.1 Å². The maximum absolute atomic E-state index is 11.2. The van der Waals surface area contributed by atoms with E-state index in [0.717, 1.165) is 10.9 Å². The number of hydrogen-bond donors (Lipinski definition) is 2. The number of carbonyl (C=O) groups is 1. The van der Waals surface area contributed by atoms with Gasteiger partial charge in [0.2, 0.25) is 5.88 Å². The molecule has 2 heterocycles. The first kappa shape index (κ1) is 12.9. The summed E-state index contributed by atoms with van der Waals surface area (Å²) in [6, 6.07) is 10.9. The molecule has 21 heavy (non-hydrogen) atoms. The van der Waals surface area contributed by atoms with Gasteiger partial charge in [0, 0.05) is 11.5 Å². The highest BCUT2D eigenvalue weighted by Gasteiger charge is 2.09. The van der Waals surface area contributed by atoms with Crippen molar-refractivity contribution in [2.45, 2.75) is 0 Å². The van der Waals surface area contributed by atoms with Crippen LogP contribution < -0.4 is 16.2 Å². The summed E-state index contributed by atoms with van der Waals surface area (Å²) in [6.07, 6.45) is 2.92. The molecule has 0 saturated heterocycles. The highest BCUT2D eigenvalue weighted by atomic mass is 16.5. The Hall–Kier alpha value is -3.15. The number of anilines is 1. The third-order valence-electron chi connectivity index (χ3n) is 2.96. The van der Waals surface area contributed by atoms with Crippen LogP contribution in [-0.4, -0.2) is 15.9 Å². The molecule has 0 aliphatic carbocycles. The van der Waals surface area contributed by atoms with E-state index in [0.29, 0.717) is 5.75 Å². The lowest BCUT2D eigenvalue weighted by molar-refractivity contribution is 0.100. The van der Waals surface area contributed by atoms with Gasteiger partial charge < -0.3 is 16.2 Å². The molecule has 0 atom stereocenters. The number of fused-ring (bicyclic) bond motifs is 1. The molecule has 0 unspecified atom stereocenters. The minimum absolute atomic E-state index is 0.175. The largest absolute Gasteiger partial charge is 0.437 e. The molecule has 3 aromatic rings. The molecule has 3 rings (SSSR count). The number of pyridine rings is 2. The second-order valence-corrected chi connectivity index (χ2v) is 4.44. The number of ether oxygens (including phenoxy) is 1. The zero-order chi connectivity index (χ0) is 14.8. The number of nitrogen functional groups attached to an aromatic ring is 1. The second kappa shape index (κ2) is 5.09. The number of aromatic nitrogens is 2. The van der Waals surface area contributed by atoms with Crippen molar-refractivity contribution in [1.29, 1.82) is 0 Å². The standard InChI is InChI=1S/C15H12N4O2/c16-12-8-19-14(6-11(12)15(17)20)21-10-5-9-3-1-2-4-13(9)18-7-10/h1-8H,16H2,(H2,17,20).